The highest BCUT2D eigenvalue weighted by atomic mass is 16.5. The number of aryl methyl sites for hydroxylation is 2. The van der Waals surface area contributed by atoms with Crippen molar-refractivity contribution >= 4 is 5.91 Å². The van der Waals surface area contributed by atoms with Gasteiger partial charge in [-0.1, -0.05) is 5.16 Å². The lowest BCUT2D eigenvalue weighted by molar-refractivity contribution is 0.0722. The van der Waals surface area contributed by atoms with Crippen LogP contribution in [0, 0.1) is 13.8 Å². The van der Waals surface area contributed by atoms with E-state index in [0.717, 1.165) is 17.0 Å². The first-order chi connectivity index (χ1) is 11.6. The number of carbonyl (C=O) groups is 1. The Bertz CT molecular complexity index is 856. The van der Waals surface area contributed by atoms with Gasteiger partial charge in [-0.05, 0) is 32.0 Å². The first-order valence-corrected chi connectivity index (χ1v) is 8.01. The molecular formula is C17H19N5O2. The molecule has 0 radical (unpaired) electrons. The van der Waals surface area contributed by atoms with E-state index in [1.54, 1.807) is 12.3 Å². The van der Waals surface area contributed by atoms with E-state index in [1.165, 1.54) is 11.4 Å². The van der Waals surface area contributed by atoms with Crippen molar-refractivity contribution < 1.29 is 9.32 Å². The molecule has 7 nitrogen and oxygen atoms in total. The van der Waals surface area contributed by atoms with Gasteiger partial charge in [-0.15, -0.1) is 0 Å². The Morgan fingerprint density at radius 3 is 2.79 bits per heavy atom. The molecule has 0 fully saturated rings. The van der Waals surface area contributed by atoms with Gasteiger partial charge in [0.25, 0.3) is 5.91 Å². The van der Waals surface area contributed by atoms with E-state index in [1.807, 2.05) is 4.90 Å². The summed E-state index contributed by atoms with van der Waals surface area (Å²) < 4.78 is 7.72. The van der Waals surface area contributed by atoms with Gasteiger partial charge >= 0.3 is 0 Å². The fourth-order valence-electron chi connectivity index (χ4n) is 3.21. The maximum absolute atomic E-state index is 12.5. The van der Waals surface area contributed by atoms with Gasteiger partial charge in [-0.3, -0.25) is 9.89 Å². The van der Waals surface area contributed by atoms with Crippen LogP contribution in [-0.2, 0) is 19.5 Å². The second-order valence-electron chi connectivity index (χ2n) is 6.18. The van der Waals surface area contributed by atoms with Crippen LogP contribution in [0.5, 0.6) is 0 Å². The Morgan fingerprint density at radius 1 is 1.29 bits per heavy atom. The average Bonchev–Trinajstić information content (AvgIpc) is 3.31. The normalized spacial score (nSPS) is 14.0. The Balaban J connectivity index is 1.59. The number of carbonyl (C=O) groups excluding carboxylic acids is 1. The highest BCUT2D eigenvalue weighted by molar-refractivity contribution is 5.92. The highest BCUT2D eigenvalue weighted by Gasteiger charge is 2.28. The molecule has 0 aliphatic carbocycles. The zero-order chi connectivity index (χ0) is 16.7. The standard InChI is InChI=1S/C17H19N5O2/c1-11-3-4-12(2)22(11)10-15-13-9-21(8-6-16(13)24-20-15)17(23)14-5-7-18-19-14/h3-5,7H,6,8-10H2,1-2H3,(H,18,19). The van der Waals surface area contributed by atoms with E-state index in [9.17, 15) is 4.79 Å². The van der Waals surface area contributed by atoms with Gasteiger partial charge in [0.05, 0.1) is 13.1 Å². The Morgan fingerprint density at radius 2 is 2.08 bits per heavy atom. The van der Waals surface area contributed by atoms with Crippen LogP contribution in [0.15, 0.2) is 28.9 Å². The molecule has 0 saturated carbocycles. The van der Waals surface area contributed by atoms with Crippen LogP contribution in [0.1, 0.15) is 38.9 Å². The van der Waals surface area contributed by atoms with Gasteiger partial charge in [0.15, 0.2) is 0 Å². The van der Waals surface area contributed by atoms with E-state index in [4.69, 9.17) is 4.52 Å². The average molecular weight is 325 g/mol. The predicted octanol–water partition coefficient (Wildman–Crippen LogP) is 2.06. The topological polar surface area (TPSA) is 79.9 Å². The van der Waals surface area contributed by atoms with Crippen molar-refractivity contribution in [2.75, 3.05) is 6.54 Å². The van der Waals surface area contributed by atoms with Crippen molar-refractivity contribution in [3.8, 4) is 0 Å². The summed E-state index contributed by atoms with van der Waals surface area (Å²) >= 11 is 0. The zero-order valence-electron chi connectivity index (χ0n) is 13.7. The molecule has 0 aromatic carbocycles. The molecular weight excluding hydrogens is 306 g/mol. The Labute approximate surface area is 139 Å². The second-order valence-corrected chi connectivity index (χ2v) is 6.18. The number of nitrogens with one attached hydrogen (secondary N) is 1. The first-order valence-electron chi connectivity index (χ1n) is 8.01. The van der Waals surface area contributed by atoms with Crippen LogP contribution in [-0.4, -0.2) is 37.3 Å². The minimum Gasteiger partial charge on any atom is -0.361 e. The predicted molar refractivity (Wildman–Crippen MR) is 86.5 cm³/mol. The number of amides is 1. The number of fused-ring (bicyclic) bond motifs is 1. The number of rotatable bonds is 3. The fourth-order valence-corrected chi connectivity index (χ4v) is 3.21. The lowest BCUT2D eigenvalue weighted by atomic mass is 10.1. The van der Waals surface area contributed by atoms with Crippen molar-refractivity contribution in [2.24, 2.45) is 0 Å². The summed E-state index contributed by atoms with van der Waals surface area (Å²) in [6.07, 6.45) is 2.27. The van der Waals surface area contributed by atoms with Crippen LogP contribution >= 0.6 is 0 Å². The lowest BCUT2D eigenvalue weighted by Crippen LogP contribution is -2.36. The Kier molecular flexibility index (Phi) is 3.48. The number of hydrogen-bond donors (Lipinski definition) is 1. The first kappa shape index (κ1) is 14.7. The van der Waals surface area contributed by atoms with Gasteiger partial charge in [-0.2, -0.15) is 5.10 Å². The molecule has 0 atom stereocenters. The van der Waals surface area contributed by atoms with Crippen LogP contribution < -0.4 is 0 Å². The molecule has 0 bridgehead atoms. The maximum atomic E-state index is 12.5. The van der Waals surface area contributed by atoms with Gasteiger partial charge in [0.2, 0.25) is 0 Å². The van der Waals surface area contributed by atoms with Crippen LogP contribution in [0.4, 0.5) is 0 Å². The van der Waals surface area contributed by atoms with Gasteiger partial charge < -0.3 is 14.0 Å². The van der Waals surface area contributed by atoms with Crippen molar-refractivity contribution in [3.05, 3.63) is 58.5 Å². The molecule has 0 spiro atoms. The molecule has 24 heavy (non-hydrogen) atoms. The summed E-state index contributed by atoms with van der Waals surface area (Å²) in [5.74, 6) is 0.847. The summed E-state index contributed by atoms with van der Waals surface area (Å²) in [4.78, 5) is 14.3. The van der Waals surface area contributed by atoms with E-state index in [2.05, 4.69) is 45.9 Å². The SMILES string of the molecule is Cc1ccc(C)n1Cc1noc2c1CN(C(=O)c1ccn[nH]1)CC2. The molecule has 1 amide bonds. The highest BCUT2D eigenvalue weighted by Crippen LogP contribution is 2.25. The van der Waals surface area contributed by atoms with Gasteiger partial charge in [0.1, 0.15) is 17.1 Å². The van der Waals surface area contributed by atoms with E-state index >= 15 is 0 Å². The third-order valence-corrected chi connectivity index (χ3v) is 4.65. The van der Waals surface area contributed by atoms with Crippen molar-refractivity contribution in [2.45, 2.75) is 33.4 Å². The third kappa shape index (κ3) is 2.42. The molecule has 1 aliphatic heterocycles. The molecule has 0 saturated heterocycles. The lowest BCUT2D eigenvalue weighted by Gasteiger charge is -2.25. The molecule has 1 aliphatic rings. The molecule has 3 aromatic rings. The van der Waals surface area contributed by atoms with E-state index < -0.39 is 0 Å². The minimum atomic E-state index is -0.0429. The maximum Gasteiger partial charge on any atom is 0.272 e. The minimum absolute atomic E-state index is 0.0429. The second kappa shape index (κ2) is 5.67. The Hall–Kier alpha value is -2.83. The summed E-state index contributed by atoms with van der Waals surface area (Å²) in [6.45, 7) is 5.96. The number of aromatic nitrogens is 4. The molecule has 4 heterocycles. The van der Waals surface area contributed by atoms with Gasteiger partial charge in [0, 0.05) is 36.1 Å². The van der Waals surface area contributed by atoms with Crippen molar-refractivity contribution in [3.63, 3.8) is 0 Å². The number of H-pyrrole nitrogens is 1. The zero-order valence-corrected chi connectivity index (χ0v) is 13.7. The van der Waals surface area contributed by atoms with Crippen LogP contribution in [0.3, 0.4) is 0 Å². The fraction of sp³-hybridized carbons (Fsp3) is 0.353. The molecule has 0 unspecified atom stereocenters. The smallest absolute Gasteiger partial charge is 0.272 e. The van der Waals surface area contributed by atoms with Crippen LogP contribution in [0.25, 0.3) is 0 Å². The summed E-state index contributed by atoms with van der Waals surface area (Å²) in [6, 6.07) is 5.88. The molecule has 124 valence electrons. The largest absolute Gasteiger partial charge is 0.361 e. The van der Waals surface area contributed by atoms with Crippen LogP contribution in [0.2, 0.25) is 0 Å². The summed E-state index contributed by atoms with van der Waals surface area (Å²) in [7, 11) is 0. The monoisotopic (exact) mass is 325 g/mol. The van der Waals surface area contributed by atoms with Gasteiger partial charge in [-0.25, -0.2) is 0 Å². The number of nitrogens with zero attached hydrogens (tertiary/aromatic N) is 4. The third-order valence-electron chi connectivity index (χ3n) is 4.65. The number of aromatic amines is 1. The summed E-state index contributed by atoms with van der Waals surface area (Å²) in [5.41, 5.74) is 4.81. The molecule has 1 N–H and O–H groups in total. The van der Waals surface area contributed by atoms with Crippen molar-refractivity contribution in [1.82, 2.24) is 24.8 Å². The number of hydrogen-bond acceptors (Lipinski definition) is 4. The summed E-state index contributed by atoms with van der Waals surface area (Å²) in [5, 5.41) is 10.8. The van der Waals surface area contributed by atoms with E-state index in [0.29, 0.717) is 31.7 Å². The molecule has 4 rings (SSSR count). The van der Waals surface area contributed by atoms with E-state index in [-0.39, 0.29) is 5.91 Å². The molecule has 3 aromatic heterocycles. The quantitative estimate of drug-likeness (QED) is 0.799. The molecule has 7 heteroatoms. The van der Waals surface area contributed by atoms with Crippen molar-refractivity contribution in [1.29, 1.82) is 0 Å².